The van der Waals surface area contributed by atoms with Crippen molar-refractivity contribution in [1.29, 1.82) is 0 Å². The Morgan fingerprint density at radius 3 is 2.03 bits per heavy atom. The van der Waals surface area contributed by atoms with Gasteiger partial charge in [-0.15, -0.1) is 0 Å². The minimum absolute atomic E-state index is 0.0382. The highest BCUT2D eigenvalue weighted by Crippen LogP contribution is 2.14. The summed E-state index contributed by atoms with van der Waals surface area (Å²) in [6, 6.07) is 18.2. The summed E-state index contributed by atoms with van der Waals surface area (Å²) in [5.41, 5.74) is 3.62. The fourth-order valence-electron chi connectivity index (χ4n) is 3.61. The summed E-state index contributed by atoms with van der Waals surface area (Å²) in [7, 11) is 0. The molecule has 0 radical (unpaired) electrons. The molecule has 0 bridgehead atoms. The minimum Gasteiger partial charge on any atom is -0.352 e. The minimum atomic E-state index is -0.439. The molecule has 1 atom stereocenters. The number of carbonyl (C=O) groups is 2. The summed E-state index contributed by atoms with van der Waals surface area (Å²) in [6.07, 6.45) is 3.45. The van der Waals surface area contributed by atoms with Gasteiger partial charge in [-0.2, -0.15) is 0 Å². The van der Waals surface area contributed by atoms with Gasteiger partial charge in [-0.3, -0.25) is 9.59 Å². The van der Waals surface area contributed by atoms with E-state index in [1.54, 1.807) is 4.90 Å². The van der Waals surface area contributed by atoms with Crippen molar-refractivity contribution in [3.63, 3.8) is 0 Å². The largest absolute Gasteiger partial charge is 0.352 e. The van der Waals surface area contributed by atoms with Crippen molar-refractivity contribution in [2.24, 2.45) is 0 Å². The van der Waals surface area contributed by atoms with Crippen LogP contribution in [0.2, 0.25) is 0 Å². The lowest BCUT2D eigenvalue weighted by Gasteiger charge is -2.31. The molecule has 0 fully saturated rings. The van der Waals surface area contributed by atoms with Crippen LogP contribution >= 0.6 is 0 Å². The molecule has 0 aliphatic carbocycles. The summed E-state index contributed by atoms with van der Waals surface area (Å²) in [5.74, 6) is -0.0301. The van der Waals surface area contributed by atoms with Crippen LogP contribution in [0, 0.1) is 0 Å². The van der Waals surface area contributed by atoms with Crippen molar-refractivity contribution in [1.82, 2.24) is 10.2 Å². The van der Waals surface area contributed by atoms with Crippen LogP contribution in [0.1, 0.15) is 57.2 Å². The molecule has 0 heterocycles. The highest BCUT2D eigenvalue weighted by atomic mass is 16.2. The number of benzene rings is 2. The van der Waals surface area contributed by atoms with E-state index in [1.165, 1.54) is 11.1 Å². The van der Waals surface area contributed by atoms with Gasteiger partial charge < -0.3 is 10.2 Å². The standard InChI is InChI=1S/C26H36N2O2/c1-5-21-12-14-23(15-13-21)16-17-25(29)28(19-18-22-10-8-7-9-11-22)24(6-2)26(30)27-20(3)4/h7-15,20,24H,5-6,16-19H2,1-4H3,(H,27,30). The monoisotopic (exact) mass is 408 g/mol. The molecular weight excluding hydrogens is 372 g/mol. The molecule has 2 aromatic carbocycles. The van der Waals surface area contributed by atoms with E-state index in [2.05, 4.69) is 48.6 Å². The molecule has 30 heavy (non-hydrogen) atoms. The number of amides is 2. The van der Waals surface area contributed by atoms with Crippen LogP contribution in [-0.2, 0) is 28.9 Å². The first kappa shape index (κ1) is 23.7. The summed E-state index contributed by atoms with van der Waals surface area (Å²) < 4.78 is 0. The van der Waals surface area contributed by atoms with E-state index in [0.717, 1.165) is 18.4 Å². The van der Waals surface area contributed by atoms with E-state index < -0.39 is 6.04 Å². The molecule has 0 aliphatic heterocycles. The van der Waals surface area contributed by atoms with Crippen LogP contribution < -0.4 is 5.32 Å². The molecular formula is C26H36N2O2. The van der Waals surface area contributed by atoms with Crippen molar-refractivity contribution in [2.45, 2.75) is 71.9 Å². The maximum Gasteiger partial charge on any atom is 0.242 e. The summed E-state index contributed by atoms with van der Waals surface area (Å²) in [5, 5.41) is 2.98. The number of hydrogen-bond donors (Lipinski definition) is 1. The van der Waals surface area contributed by atoms with Crippen molar-refractivity contribution in [2.75, 3.05) is 6.54 Å². The van der Waals surface area contributed by atoms with Gasteiger partial charge in [-0.1, -0.05) is 68.4 Å². The molecule has 0 saturated carbocycles. The van der Waals surface area contributed by atoms with E-state index >= 15 is 0 Å². The topological polar surface area (TPSA) is 49.4 Å². The Balaban J connectivity index is 2.10. The van der Waals surface area contributed by atoms with E-state index in [0.29, 0.717) is 25.8 Å². The Hall–Kier alpha value is -2.62. The van der Waals surface area contributed by atoms with Gasteiger partial charge in [-0.25, -0.2) is 0 Å². The van der Waals surface area contributed by atoms with Gasteiger partial charge in [0.15, 0.2) is 0 Å². The lowest BCUT2D eigenvalue weighted by molar-refractivity contribution is -0.140. The highest BCUT2D eigenvalue weighted by molar-refractivity contribution is 5.87. The first-order valence-electron chi connectivity index (χ1n) is 11.2. The van der Waals surface area contributed by atoms with Gasteiger partial charge in [0.2, 0.25) is 11.8 Å². The SMILES string of the molecule is CCc1ccc(CCC(=O)N(CCc2ccccc2)C(CC)C(=O)NC(C)C)cc1. The number of carbonyl (C=O) groups excluding carboxylic acids is 2. The van der Waals surface area contributed by atoms with E-state index in [9.17, 15) is 9.59 Å². The second kappa shape index (κ2) is 12.2. The molecule has 4 heteroatoms. The maximum absolute atomic E-state index is 13.2. The Kier molecular flexibility index (Phi) is 9.59. The normalized spacial score (nSPS) is 11.9. The number of aryl methyl sites for hydroxylation is 2. The molecule has 1 N–H and O–H groups in total. The third-order valence-electron chi connectivity index (χ3n) is 5.36. The molecule has 4 nitrogen and oxygen atoms in total. The third-order valence-corrected chi connectivity index (χ3v) is 5.36. The second-order valence-corrected chi connectivity index (χ2v) is 8.08. The number of nitrogens with zero attached hydrogens (tertiary/aromatic N) is 1. The Morgan fingerprint density at radius 2 is 1.47 bits per heavy atom. The molecule has 2 aromatic rings. The predicted molar refractivity (Wildman–Crippen MR) is 123 cm³/mol. The van der Waals surface area contributed by atoms with Crippen molar-refractivity contribution < 1.29 is 9.59 Å². The summed E-state index contributed by atoms with van der Waals surface area (Å²) in [4.78, 5) is 27.8. The maximum atomic E-state index is 13.2. The zero-order chi connectivity index (χ0) is 21.9. The van der Waals surface area contributed by atoms with Gasteiger partial charge in [0, 0.05) is 19.0 Å². The van der Waals surface area contributed by atoms with Crippen LogP contribution in [-0.4, -0.2) is 35.3 Å². The lowest BCUT2D eigenvalue weighted by Crippen LogP contribution is -2.51. The number of rotatable bonds is 11. The van der Waals surface area contributed by atoms with Crippen molar-refractivity contribution in [3.05, 3.63) is 71.3 Å². The van der Waals surface area contributed by atoms with Gasteiger partial charge in [0.25, 0.3) is 0 Å². The Labute approximate surface area is 181 Å². The Morgan fingerprint density at radius 1 is 0.867 bits per heavy atom. The van der Waals surface area contributed by atoms with Gasteiger partial charge in [0.05, 0.1) is 0 Å². The molecule has 2 rings (SSSR count). The van der Waals surface area contributed by atoms with Crippen LogP contribution in [0.5, 0.6) is 0 Å². The number of hydrogen-bond acceptors (Lipinski definition) is 2. The average molecular weight is 409 g/mol. The summed E-state index contributed by atoms with van der Waals surface area (Å²) in [6.45, 7) is 8.54. The van der Waals surface area contributed by atoms with Gasteiger partial charge in [-0.05, 0) is 56.2 Å². The molecule has 0 saturated heterocycles. The molecule has 0 spiro atoms. The van der Waals surface area contributed by atoms with Crippen LogP contribution in [0.3, 0.4) is 0 Å². The predicted octanol–water partition coefficient (Wildman–Crippen LogP) is 4.56. The molecule has 1 unspecified atom stereocenters. The van der Waals surface area contributed by atoms with Crippen LogP contribution in [0.25, 0.3) is 0 Å². The quantitative estimate of drug-likeness (QED) is 0.593. The lowest BCUT2D eigenvalue weighted by atomic mass is 10.0. The fraction of sp³-hybridized carbons (Fsp3) is 0.462. The third kappa shape index (κ3) is 7.33. The zero-order valence-electron chi connectivity index (χ0n) is 18.9. The zero-order valence-corrected chi connectivity index (χ0v) is 18.9. The fourth-order valence-corrected chi connectivity index (χ4v) is 3.61. The summed E-state index contributed by atoms with van der Waals surface area (Å²) >= 11 is 0. The van der Waals surface area contributed by atoms with E-state index in [1.807, 2.05) is 39.0 Å². The smallest absolute Gasteiger partial charge is 0.242 e. The Bertz CT molecular complexity index is 784. The van der Waals surface area contributed by atoms with E-state index in [-0.39, 0.29) is 17.9 Å². The first-order valence-corrected chi connectivity index (χ1v) is 11.2. The average Bonchev–Trinajstić information content (AvgIpc) is 2.75. The van der Waals surface area contributed by atoms with Gasteiger partial charge >= 0.3 is 0 Å². The van der Waals surface area contributed by atoms with Gasteiger partial charge in [0.1, 0.15) is 6.04 Å². The molecule has 162 valence electrons. The second-order valence-electron chi connectivity index (χ2n) is 8.08. The van der Waals surface area contributed by atoms with Crippen molar-refractivity contribution in [3.8, 4) is 0 Å². The van der Waals surface area contributed by atoms with E-state index in [4.69, 9.17) is 0 Å². The highest BCUT2D eigenvalue weighted by Gasteiger charge is 2.28. The molecule has 2 amide bonds. The molecule has 0 aliphatic rings. The van der Waals surface area contributed by atoms with Crippen molar-refractivity contribution >= 4 is 11.8 Å². The number of nitrogens with one attached hydrogen (secondary N) is 1. The molecule has 0 aromatic heterocycles. The first-order chi connectivity index (χ1) is 14.4. The van der Waals surface area contributed by atoms with Crippen LogP contribution in [0.15, 0.2) is 54.6 Å². The van der Waals surface area contributed by atoms with Crippen LogP contribution in [0.4, 0.5) is 0 Å².